The highest BCUT2D eigenvalue weighted by Crippen LogP contribution is 2.29. The first-order valence-corrected chi connectivity index (χ1v) is 12.7. The highest BCUT2D eigenvalue weighted by Gasteiger charge is 2.26. The molecule has 35 heavy (non-hydrogen) atoms. The summed E-state index contributed by atoms with van der Waals surface area (Å²) in [5.41, 5.74) is 3.49. The van der Waals surface area contributed by atoms with Gasteiger partial charge in [-0.05, 0) is 36.6 Å². The average Bonchev–Trinajstić information content (AvgIpc) is 3.38. The molecule has 1 fully saturated rings. The fraction of sp³-hybridized carbons (Fsp3) is 0.393. The molecule has 0 radical (unpaired) electrons. The average molecular weight is 471 g/mol. The number of ether oxygens (including phenoxy) is 1. The summed E-state index contributed by atoms with van der Waals surface area (Å²) in [5.74, 6) is 0.602. The van der Waals surface area contributed by atoms with Crippen LogP contribution in [-0.4, -0.2) is 68.9 Å². The van der Waals surface area contributed by atoms with Crippen molar-refractivity contribution in [1.82, 2.24) is 29.6 Å². The molecule has 7 heteroatoms. The molecule has 0 amide bonds. The Labute approximate surface area is 207 Å². The first kappa shape index (κ1) is 23.5. The summed E-state index contributed by atoms with van der Waals surface area (Å²) in [7, 11) is 0. The lowest BCUT2D eigenvalue weighted by atomic mass is 9.96. The fourth-order valence-electron chi connectivity index (χ4n) is 4.88. The second kappa shape index (κ2) is 11.9. The van der Waals surface area contributed by atoms with Gasteiger partial charge in [0.1, 0.15) is 6.33 Å². The van der Waals surface area contributed by atoms with Crippen LogP contribution >= 0.6 is 0 Å². The molecule has 0 atom stereocenters. The number of benzene rings is 2. The third kappa shape index (κ3) is 6.24. The van der Waals surface area contributed by atoms with E-state index in [1.807, 2.05) is 12.1 Å². The van der Waals surface area contributed by atoms with E-state index in [4.69, 9.17) is 4.74 Å². The number of rotatable bonds is 11. The van der Waals surface area contributed by atoms with Gasteiger partial charge in [-0.15, -0.1) is 14.8 Å². The minimum absolute atomic E-state index is 0.333. The van der Waals surface area contributed by atoms with Crippen molar-refractivity contribution < 1.29 is 4.74 Å². The van der Waals surface area contributed by atoms with E-state index >= 15 is 0 Å². The molecule has 0 saturated carbocycles. The van der Waals surface area contributed by atoms with Crippen LogP contribution in [0.25, 0.3) is 5.65 Å². The molecule has 1 aliphatic heterocycles. The Bertz CT molecular complexity index is 1120. The predicted octanol–water partition coefficient (Wildman–Crippen LogP) is 4.47. The molecule has 4 aromatic rings. The van der Waals surface area contributed by atoms with Crippen LogP contribution in [0.2, 0.25) is 0 Å². The van der Waals surface area contributed by atoms with Crippen molar-refractivity contribution in [1.29, 1.82) is 0 Å². The monoisotopic (exact) mass is 470 g/mol. The maximum absolute atomic E-state index is 5.77. The molecule has 3 heterocycles. The molecule has 1 saturated heterocycles. The van der Waals surface area contributed by atoms with Crippen LogP contribution in [0.4, 0.5) is 0 Å². The molecule has 1 aliphatic rings. The summed E-state index contributed by atoms with van der Waals surface area (Å²) in [6.45, 7) is 6.34. The number of unbranched alkanes of at least 4 members (excludes halogenated alkanes) is 3. The Morgan fingerprint density at radius 3 is 2.14 bits per heavy atom. The van der Waals surface area contributed by atoms with Gasteiger partial charge in [0.15, 0.2) is 5.65 Å². The van der Waals surface area contributed by atoms with Gasteiger partial charge in [0.05, 0.1) is 12.6 Å². The highest BCUT2D eigenvalue weighted by molar-refractivity contribution is 5.35. The predicted molar refractivity (Wildman–Crippen MR) is 137 cm³/mol. The van der Waals surface area contributed by atoms with Crippen LogP contribution in [0.3, 0.4) is 0 Å². The van der Waals surface area contributed by atoms with Gasteiger partial charge < -0.3 is 9.64 Å². The van der Waals surface area contributed by atoms with Crippen LogP contribution in [0.1, 0.15) is 42.9 Å². The Kier molecular flexibility index (Phi) is 7.98. The molecule has 0 N–H and O–H groups in total. The van der Waals surface area contributed by atoms with Gasteiger partial charge in [-0.25, -0.2) is 4.98 Å². The van der Waals surface area contributed by atoms with E-state index in [0.717, 1.165) is 38.2 Å². The Morgan fingerprint density at radius 1 is 0.743 bits per heavy atom. The lowest BCUT2D eigenvalue weighted by Crippen LogP contribution is -2.48. The van der Waals surface area contributed by atoms with E-state index in [2.05, 4.69) is 85.6 Å². The van der Waals surface area contributed by atoms with Gasteiger partial charge in [0.2, 0.25) is 5.88 Å². The molecular weight excluding hydrogens is 436 g/mol. The largest absolute Gasteiger partial charge is 0.477 e. The minimum Gasteiger partial charge on any atom is -0.477 e. The van der Waals surface area contributed by atoms with Crippen molar-refractivity contribution in [2.24, 2.45) is 0 Å². The van der Waals surface area contributed by atoms with Crippen molar-refractivity contribution in [2.45, 2.75) is 31.7 Å². The van der Waals surface area contributed by atoms with Gasteiger partial charge in [0, 0.05) is 32.2 Å². The van der Waals surface area contributed by atoms with Crippen LogP contribution in [0, 0.1) is 0 Å². The van der Waals surface area contributed by atoms with E-state index in [-0.39, 0.29) is 0 Å². The van der Waals surface area contributed by atoms with Crippen LogP contribution < -0.4 is 4.74 Å². The molecule has 0 aliphatic carbocycles. The maximum Gasteiger partial charge on any atom is 0.233 e. The number of hydrogen-bond donors (Lipinski definition) is 0. The lowest BCUT2D eigenvalue weighted by molar-refractivity contribution is 0.108. The molecule has 182 valence electrons. The smallest absolute Gasteiger partial charge is 0.233 e. The lowest BCUT2D eigenvalue weighted by Gasteiger charge is -2.39. The quantitative estimate of drug-likeness (QED) is 0.302. The molecule has 0 bridgehead atoms. The Morgan fingerprint density at radius 2 is 1.43 bits per heavy atom. The van der Waals surface area contributed by atoms with E-state index < -0.39 is 0 Å². The van der Waals surface area contributed by atoms with Gasteiger partial charge in [0.25, 0.3) is 0 Å². The number of aromatic nitrogens is 4. The summed E-state index contributed by atoms with van der Waals surface area (Å²) in [4.78, 5) is 9.36. The number of nitrogens with zero attached hydrogens (tertiary/aromatic N) is 6. The van der Waals surface area contributed by atoms with Crippen LogP contribution in [0.5, 0.6) is 5.88 Å². The van der Waals surface area contributed by atoms with Crippen LogP contribution in [-0.2, 0) is 0 Å². The summed E-state index contributed by atoms with van der Waals surface area (Å²) in [6, 6.07) is 25.9. The first-order valence-electron chi connectivity index (χ1n) is 12.7. The zero-order valence-corrected chi connectivity index (χ0v) is 20.2. The SMILES string of the molecule is c1ccc(C(c2ccccc2)N2CCN(CCCCCCOc3ccc4ncnn4n3)CC2)cc1. The van der Waals surface area contributed by atoms with Gasteiger partial charge >= 0.3 is 0 Å². The third-order valence-corrected chi connectivity index (χ3v) is 6.75. The van der Waals surface area contributed by atoms with Crippen LogP contribution in [0.15, 0.2) is 79.1 Å². The fourth-order valence-corrected chi connectivity index (χ4v) is 4.88. The highest BCUT2D eigenvalue weighted by atomic mass is 16.5. The Hall–Kier alpha value is -3.29. The molecule has 7 nitrogen and oxygen atoms in total. The number of hydrogen-bond acceptors (Lipinski definition) is 6. The van der Waals surface area contributed by atoms with Gasteiger partial charge in [-0.1, -0.05) is 73.5 Å². The Balaban J connectivity index is 1.01. The maximum atomic E-state index is 5.77. The minimum atomic E-state index is 0.333. The first-order chi connectivity index (χ1) is 17.4. The van der Waals surface area contributed by atoms with Crippen molar-refractivity contribution >= 4 is 5.65 Å². The topological polar surface area (TPSA) is 58.8 Å². The second-order valence-electron chi connectivity index (χ2n) is 9.14. The van der Waals surface area contributed by atoms with Crippen molar-refractivity contribution in [3.8, 4) is 5.88 Å². The third-order valence-electron chi connectivity index (χ3n) is 6.75. The molecule has 5 rings (SSSR count). The molecule has 0 spiro atoms. The summed E-state index contributed by atoms with van der Waals surface area (Å²) < 4.78 is 7.27. The molecule has 0 unspecified atom stereocenters. The molecular formula is C28H34N6O. The zero-order chi connectivity index (χ0) is 23.7. The normalized spacial score (nSPS) is 15.1. The number of piperazine rings is 1. The summed E-state index contributed by atoms with van der Waals surface area (Å²) >= 11 is 0. The van der Waals surface area contributed by atoms with E-state index in [1.165, 1.54) is 47.9 Å². The number of fused-ring (bicyclic) bond motifs is 1. The summed E-state index contributed by atoms with van der Waals surface area (Å²) in [6.07, 6.45) is 6.19. The second-order valence-corrected chi connectivity index (χ2v) is 9.14. The van der Waals surface area contributed by atoms with Crippen molar-refractivity contribution in [3.05, 3.63) is 90.3 Å². The molecule has 2 aromatic carbocycles. The van der Waals surface area contributed by atoms with E-state index in [1.54, 1.807) is 0 Å². The van der Waals surface area contributed by atoms with Gasteiger partial charge in [-0.2, -0.15) is 0 Å². The van der Waals surface area contributed by atoms with Crippen molar-refractivity contribution in [2.75, 3.05) is 39.3 Å². The van der Waals surface area contributed by atoms with Crippen molar-refractivity contribution in [3.63, 3.8) is 0 Å². The van der Waals surface area contributed by atoms with Gasteiger partial charge in [-0.3, -0.25) is 4.90 Å². The van der Waals surface area contributed by atoms with E-state index in [0.29, 0.717) is 18.5 Å². The van der Waals surface area contributed by atoms with E-state index in [9.17, 15) is 0 Å². The molecule has 2 aromatic heterocycles. The zero-order valence-electron chi connectivity index (χ0n) is 20.2. The standard InChI is InChI=1S/C28H34N6O/c1(2-10-22-35-27-16-15-26-29-23-30-34(26)31-27)9-17-32-18-20-33(21-19-32)28(24-11-5-3-6-12-24)25-13-7-4-8-14-25/h3-8,11-16,23,28H,1-2,9-10,17-22H2. The summed E-state index contributed by atoms with van der Waals surface area (Å²) in [5, 5.41) is 8.34.